The highest BCUT2D eigenvalue weighted by molar-refractivity contribution is 9.10. The number of benzene rings is 2. The molecule has 126 valence electrons. The zero-order chi connectivity index (χ0) is 17.2. The molecular formula is C18H16BrN5O. The van der Waals surface area contributed by atoms with Crippen LogP contribution in [0.1, 0.15) is 12.0 Å². The van der Waals surface area contributed by atoms with Crippen LogP contribution in [0.2, 0.25) is 0 Å². The highest BCUT2D eigenvalue weighted by Crippen LogP contribution is 2.26. The number of para-hydroxylation sites is 1. The van der Waals surface area contributed by atoms with Crippen LogP contribution in [-0.4, -0.2) is 32.7 Å². The third-order valence-electron chi connectivity index (χ3n) is 4.24. The summed E-state index contributed by atoms with van der Waals surface area (Å²) >= 11 is 3.40. The maximum absolute atomic E-state index is 12.7. The molecule has 0 spiro atoms. The van der Waals surface area contributed by atoms with Gasteiger partial charge in [0.1, 0.15) is 6.54 Å². The van der Waals surface area contributed by atoms with E-state index in [4.69, 9.17) is 0 Å². The molecule has 0 bridgehead atoms. The summed E-state index contributed by atoms with van der Waals surface area (Å²) in [5.74, 6) is 0.492. The number of carbonyl (C=O) groups excluding carboxylic acids is 1. The Kier molecular flexibility index (Phi) is 4.31. The number of aromatic nitrogens is 4. The fourth-order valence-electron chi connectivity index (χ4n) is 3.02. The molecule has 3 aromatic rings. The van der Waals surface area contributed by atoms with Gasteiger partial charge in [0.2, 0.25) is 5.82 Å². The Morgan fingerprint density at radius 3 is 2.76 bits per heavy atom. The molecule has 1 amide bonds. The van der Waals surface area contributed by atoms with E-state index in [1.807, 2.05) is 47.4 Å². The Hall–Kier alpha value is -2.54. The van der Waals surface area contributed by atoms with E-state index < -0.39 is 0 Å². The lowest BCUT2D eigenvalue weighted by atomic mass is 10.0. The molecule has 0 unspecified atom stereocenters. The fourth-order valence-corrected chi connectivity index (χ4v) is 3.29. The van der Waals surface area contributed by atoms with Crippen LogP contribution in [0.3, 0.4) is 0 Å². The predicted octanol–water partition coefficient (Wildman–Crippen LogP) is 3.08. The van der Waals surface area contributed by atoms with Crippen LogP contribution < -0.4 is 4.90 Å². The molecule has 1 aliphatic rings. The fraction of sp³-hybridized carbons (Fsp3) is 0.222. The number of amides is 1. The van der Waals surface area contributed by atoms with Gasteiger partial charge in [-0.15, -0.1) is 10.2 Å². The quantitative estimate of drug-likeness (QED) is 0.680. The van der Waals surface area contributed by atoms with Crippen molar-refractivity contribution in [3.63, 3.8) is 0 Å². The molecule has 0 fully saturated rings. The maximum atomic E-state index is 12.7. The summed E-state index contributed by atoms with van der Waals surface area (Å²) in [7, 11) is 0. The summed E-state index contributed by atoms with van der Waals surface area (Å²) in [5.41, 5.74) is 3.07. The molecule has 0 aliphatic carbocycles. The molecule has 0 radical (unpaired) electrons. The molecule has 2 aromatic carbocycles. The van der Waals surface area contributed by atoms with Gasteiger partial charge >= 0.3 is 0 Å². The van der Waals surface area contributed by atoms with Crippen LogP contribution >= 0.6 is 15.9 Å². The van der Waals surface area contributed by atoms with E-state index in [1.165, 1.54) is 10.4 Å². The van der Waals surface area contributed by atoms with Crippen molar-refractivity contribution in [2.45, 2.75) is 19.4 Å². The highest BCUT2D eigenvalue weighted by Gasteiger charge is 2.23. The molecule has 0 saturated carbocycles. The molecule has 0 N–H and O–H groups in total. The number of aryl methyl sites for hydroxylation is 1. The summed E-state index contributed by atoms with van der Waals surface area (Å²) in [5, 5.41) is 12.4. The first kappa shape index (κ1) is 16.0. The number of tetrazole rings is 1. The van der Waals surface area contributed by atoms with E-state index in [1.54, 1.807) is 0 Å². The normalized spacial score (nSPS) is 13.6. The van der Waals surface area contributed by atoms with Gasteiger partial charge in [0.25, 0.3) is 5.91 Å². The Morgan fingerprint density at radius 2 is 1.92 bits per heavy atom. The summed E-state index contributed by atoms with van der Waals surface area (Å²) in [6.07, 6.45) is 1.98. The number of rotatable bonds is 3. The Balaban J connectivity index is 1.52. The van der Waals surface area contributed by atoms with Crippen molar-refractivity contribution in [1.82, 2.24) is 20.2 Å². The van der Waals surface area contributed by atoms with Gasteiger partial charge in [-0.2, -0.15) is 4.80 Å². The molecule has 0 atom stereocenters. The van der Waals surface area contributed by atoms with Crippen LogP contribution in [0, 0.1) is 0 Å². The number of nitrogens with zero attached hydrogens (tertiary/aromatic N) is 5. The average Bonchev–Trinajstić information content (AvgIpc) is 3.10. The average molecular weight is 398 g/mol. The van der Waals surface area contributed by atoms with Gasteiger partial charge in [-0.25, -0.2) is 0 Å². The Bertz CT molecular complexity index is 906. The van der Waals surface area contributed by atoms with E-state index in [2.05, 4.69) is 37.4 Å². The summed E-state index contributed by atoms with van der Waals surface area (Å²) in [6.45, 7) is 0.808. The van der Waals surface area contributed by atoms with Gasteiger partial charge in [-0.1, -0.05) is 34.1 Å². The minimum absolute atomic E-state index is 0.0214. The Labute approximate surface area is 153 Å². The van der Waals surface area contributed by atoms with Crippen molar-refractivity contribution >= 4 is 27.5 Å². The number of fused-ring (bicyclic) bond motifs is 1. The summed E-state index contributed by atoms with van der Waals surface area (Å²) < 4.78 is 0.989. The first-order valence-corrected chi connectivity index (χ1v) is 8.92. The van der Waals surface area contributed by atoms with Crippen molar-refractivity contribution in [3.8, 4) is 11.4 Å². The molecule has 1 aliphatic heterocycles. The number of carbonyl (C=O) groups is 1. The molecule has 7 heteroatoms. The lowest BCUT2D eigenvalue weighted by molar-refractivity contribution is -0.119. The zero-order valence-electron chi connectivity index (χ0n) is 13.5. The van der Waals surface area contributed by atoms with Crippen LogP contribution in [0.5, 0.6) is 0 Å². The first-order valence-electron chi connectivity index (χ1n) is 8.13. The topological polar surface area (TPSA) is 63.9 Å². The number of halogens is 1. The standard InChI is InChI=1S/C18H16BrN5O/c19-15-9-7-14(8-10-15)18-20-22-24(21-18)12-17(25)23-11-3-5-13-4-1-2-6-16(13)23/h1-2,4,6-10H,3,5,11-12H2. The second-order valence-electron chi connectivity index (χ2n) is 5.93. The maximum Gasteiger partial charge on any atom is 0.250 e. The van der Waals surface area contributed by atoms with Crippen molar-refractivity contribution < 1.29 is 4.79 Å². The lowest BCUT2D eigenvalue weighted by Gasteiger charge is -2.29. The van der Waals surface area contributed by atoms with Gasteiger partial charge in [-0.05, 0) is 54.0 Å². The van der Waals surface area contributed by atoms with Crippen molar-refractivity contribution in [2.75, 3.05) is 11.4 Å². The third kappa shape index (κ3) is 3.32. The Morgan fingerprint density at radius 1 is 1.12 bits per heavy atom. The molecule has 2 heterocycles. The van der Waals surface area contributed by atoms with E-state index in [9.17, 15) is 4.79 Å². The molecule has 6 nitrogen and oxygen atoms in total. The van der Waals surface area contributed by atoms with Crippen LogP contribution in [0.4, 0.5) is 5.69 Å². The first-order chi connectivity index (χ1) is 12.2. The van der Waals surface area contributed by atoms with E-state index in [0.29, 0.717) is 5.82 Å². The van der Waals surface area contributed by atoms with Crippen molar-refractivity contribution in [1.29, 1.82) is 0 Å². The number of hydrogen-bond acceptors (Lipinski definition) is 4. The van der Waals surface area contributed by atoms with E-state index >= 15 is 0 Å². The molecule has 1 aromatic heterocycles. The van der Waals surface area contributed by atoms with Crippen LogP contribution in [-0.2, 0) is 17.8 Å². The number of anilines is 1. The van der Waals surface area contributed by atoms with Crippen molar-refractivity contribution in [2.24, 2.45) is 0 Å². The number of hydrogen-bond donors (Lipinski definition) is 0. The smallest absolute Gasteiger partial charge is 0.250 e. The van der Waals surface area contributed by atoms with Gasteiger partial charge in [-0.3, -0.25) is 4.79 Å². The monoisotopic (exact) mass is 397 g/mol. The SMILES string of the molecule is O=C(Cn1nnc(-c2ccc(Br)cc2)n1)N1CCCc2ccccc21. The van der Waals surface area contributed by atoms with E-state index in [0.717, 1.165) is 35.1 Å². The minimum atomic E-state index is -0.0214. The lowest BCUT2D eigenvalue weighted by Crippen LogP contribution is -2.38. The second-order valence-corrected chi connectivity index (χ2v) is 6.84. The van der Waals surface area contributed by atoms with Crippen LogP contribution in [0.25, 0.3) is 11.4 Å². The summed E-state index contributed by atoms with van der Waals surface area (Å²) in [6, 6.07) is 15.7. The zero-order valence-corrected chi connectivity index (χ0v) is 15.1. The van der Waals surface area contributed by atoms with Gasteiger partial charge in [0.05, 0.1) is 0 Å². The third-order valence-corrected chi connectivity index (χ3v) is 4.77. The summed E-state index contributed by atoms with van der Waals surface area (Å²) in [4.78, 5) is 15.9. The highest BCUT2D eigenvalue weighted by atomic mass is 79.9. The van der Waals surface area contributed by atoms with Crippen LogP contribution in [0.15, 0.2) is 53.0 Å². The van der Waals surface area contributed by atoms with Gasteiger partial charge in [0.15, 0.2) is 0 Å². The van der Waals surface area contributed by atoms with Crippen molar-refractivity contribution in [3.05, 3.63) is 58.6 Å². The molecule has 4 rings (SSSR count). The van der Waals surface area contributed by atoms with Gasteiger partial charge < -0.3 is 4.90 Å². The van der Waals surface area contributed by atoms with Gasteiger partial charge in [0, 0.05) is 22.3 Å². The molecule has 0 saturated heterocycles. The minimum Gasteiger partial charge on any atom is -0.310 e. The molecular weight excluding hydrogens is 382 g/mol. The molecule has 25 heavy (non-hydrogen) atoms. The largest absolute Gasteiger partial charge is 0.310 e. The second kappa shape index (κ2) is 6.76. The predicted molar refractivity (Wildman–Crippen MR) is 98.1 cm³/mol. The van der Waals surface area contributed by atoms with E-state index in [-0.39, 0.29) is 12.5 Å².